The molecule has 0 N–H and O–H groups in total. The van der Waals surface area contributed by atoms with E-state index in [0.717, 1.165) is 0 Å². The number of alkyl halides is 1. The quantitative estimate of drug-likeness (QED) is 0.606. The van der Waals surface area contributed by atoms with Gasteiger partial charge in [-0.05, 0) is 12.1 Å². The molecule has 0 saturated heterocycles. The highest BCUT2D eigenvalue weighted by molar-refractivity contribution is 9.10. The molecule has 0 spiro atoms. The van der Waals surface area contributed by atoms with Crippen LogP contribution < -0.4 is 4.90 Å². The van der Waals surface area contributed by atoms with Crippen molar-refractivity contribution >= 4 is 43.9 Å². The molecule has 0 amide bonds. The van der Waals surface area contributed by atoms with Crippen molar-refractivity contribution in [3.8, 4) is 0 Å². The number of hydrogen-bond acceptors (Lipinski definition) is 5. The summed E-state index contributed by atoms with van der Waals surface area (Å²) in [5, 5.41) is 0. The first kappa shape index (κ1) is 14.0. The number of ether oxygens (including phenoxy) is 1. The number of methoxy groups -OCH3 is 1. The monoisotopic (exact) mass is 346 g/mol. The summed E-state index contributed by atoms with van der Waals surface area (Å²) < 4.78 is 31.7. The lowest BCUT2D eigenvalue weighted by molar-refractivity contribution is -0.139. The first-order valence-corrected chi connectivity index (χ1v) is 7.69. The number of carbonyl (C=O) groups is 1. The van der Waals surface area contributed by atoms with Crippen molar-refractivity contribution in [2.75, 3.05) is 18.6 Å². The summed E-state index contributed by atoms with van der Waals surface area (Å²) in [5.41, 5.74) is 0.492. The second-order valence-electron chi connectivity index (χ2n) is 3.81. The van der Waals surface area contributed by atoms with Crippen molar-refractivity contribution in [1.82, 2.24) is 0 Å². The number of anilines is 1. The number of benzene rings is 1. The van der Waals surface area contributed by atoms with Crippen LogP contribution in [0.4, 0.5) is 5.69 Å². The van der Waals surface area contributed by atoms with Gasteiger partial charge in [0, 0.05) is 6.54 Å². The van der Waals surface area contributed by atoms with Crippen LogP contribution in [0.2, 0.25) is 0 Å². The van der Waals surface area contributed by atoms with Crippen LogP contribution in [0.3, 0.4) is 0 Å². The zero-order valence-electron chi connectivity index (χ0n) is 9.98. The first-order valence-electron chi connectivity index (χ1n) is 5.34. The number of hydrogen-bond donors (Lipinski definition) is 0. The normalized spacial score (nSPS) is 17.7. The smallest absolute Gasteiger partial charge is 0.321 e. The molecule has 19 heavy (non-hydrogen) atoms. The highest BCUT2D eigenvalue weighted by Gasteiger charge is 2.27. The van der Waals surface area contributed by atoms with E-state index in [0.29, 0.717) is 5.69 Å². The summed E-state index contributed by atoms with van der Waals surface area (Å²) in [6.45, 7) is 0.225. The molecular weight excluding hydrogens is 336 g/mol. The Hall–Kier alpha value is -1.41. The van der Waals surface area contributed by atoms with Gasteiger partial charge in [0.25, 0.3) is 10.0 Å². The van der Waals surface area contributed by atoms with Gasteiger partial charge in [0.15, 0.2) is 0 Å². The summed E-state index contributed by atoms with van der Waals surface area (Å²) in [7, 11) is -2.35. The molecule has 1 aliphatic heterocycles. The maximum atomic E-state index is 11.8. The van der Waals surface area contributed by atoms with Crippen LogP contribution in [-0.2, 0) is 19.6 Å². The predicted octanol–water partition coefficient (Wildman–Crippen LogP) is 1.16. The summed E-state index contributed by atoms with van der Waals surface area (Å²) in [4.78, 5) is 12.5. The minimum atomic E-state index is -3.64. The van der Waals surface area contributed by atoms with Gasteiger partial charge >= 0.3 is 5.97 Å². The number of halogens is 1. The lowest BCUT2D eigenvalue weighted by Gasteiger charge is -2.26. The van der Waals surface area contributed by atoms with Crippen LogP contribution in [0.5, 0.6) is 0 Å². The summed E-state index contributed by atoms with van der Waals surface area (Å²) in [6, 6.07) is 6.49. The summed E-state index contributed by atoms with van der Waals surface area (Å²) >= 11 is 3.19. The standard InChI is InChI=1S/C11H11BrN2O4S/c1-18-11(15)8(12)6-14-7-13-19(16,17)10-5-3-2-4-9(10)14/h2-5,7-8H,6H2,1H3. The fraction of sp³-hybridized carbons (Fsp3) is 0.273. The van der Waals surface area contributed by atoms with Crippen molar-refractivity contribution in [1.29, 1.82) is 0 Å². The maximum absolute atomic E-state index is 11.8. The number of fused-ring (bicyclic) bond motifs is 1. The van der Waals surface area contributed by atoms with E-state index in [2.05, 4.69) is 25.1 Å². The van der Waals surface area contributed by atoms with Gasteiger partial charge in [0.2, 0.25) is 0 Å². The lowest BCUT2D eigenvalue weighted by atomic mass is 10.3. The number of carbonyl (C=O) groups excluding carboxylic acids is 1. The van der Waals surface area contributed by atoms with E-state index in [9.17, 15) is 13.2 Å². The molecule has 2 rings (SSSR count). The molecule has 102 valence electrons. The average molecular weight is 347 g/mol. The van der Waals surface area contributed by atoms with E-state index in [-0.39, 0.29) is 11.4 Å². The molecule has 0 saturated carbocycles. The van der Waals surface area contributed by atoms with Crippen molar-refractivity contribution in [3.63, 3.8) is 0 Å². The molecule has 0 radical (unpaired) electrons. The Labute approximate surface area is 119 Å². The van der Waals surface area contributed by atoms with Crippen LogP contribution in [0, 0.1) is 0 Å². The number of esters is 1. The molecule has 0 bridgehead atoms. The lowest BCUT2D eigenvalue weighted by Crippen LogP contribution is -2.36. The Morgan fingerprint density at radius 2 is 2.16 bits per heavy atom. The van der Waals surface area contributed by atoms with Crippen LogP contribution in [0.1, 0.15) is 0 Å². The van der Waals surface area contributed by atoms with Crippen molar-refractivity contribution in [3.05, 3.63) is 24.3 Å². The van der Waals surface area contributed by atoms with E-state index in [1.807, 2.05) is 0 Å². The Morgan fingerprint density at radius 3 is 2.84 bits per heavy atom. The van der Waals surface area contributed by atoms with E-state index in [4.69, 9.17) is 0 Å². The molecule has 0 aromatic heterocycles. The Balaban J connectivity index is 2.33. The number of para-hydroxylation sites is 1. The minimum absolute atomic E-state index is 0.127. The Bertz CT molecular complexity index is 629. The number of nitrogens with zero attached hydrogens (tertiary/aromatic N) is 2. The van der Waals surface area contributed by atoms with Gasteiger partial charge < -0.3 is 9.64 Å². The van der Waals surface area contributed by atoms with Gasteiger partial charge in [0.1, 0.15) is 16.1 Å². The molecule has 8 heteroatoms. The second kappa shape index (κ2) is 5.30. The first-order chi connectivity index (χ1) is 8.95. The molecule has 1 heterocycles. The van der Waals surface area contributed by atoms with Gasteiger partial charge in [-0.2, -0.15) is 8.42 Å². The molecule has 1 aromatic carbocycles. The van der Waals surface area contributed by atoms with Crippen LogP contribution in [0.25, 0.3) is 0 Å². The molecule has 1 unspecified atom stereocenters. The average Bonchev–Trinajstić information content (AvgIpc) is 2.41. The Morgan fingerprint density at radius 1 is 1.47 bits per heavy atom. The third-order valence-corrected chi connectivity index (χ3v) is 4.53. The predicted molar refractivity (Wildman–Crippen MR) is 74.2 cm³/mol. The molecular formula is C11H11BrN2O4S. The topological polar surface area (TPSA) is 76.0 Å². The van der Waals surface area contributed by atoms with Gasteiger partial charge in [-0.1, -0.05) is 28.1 Å². The highest BCUT2D eigenvalue weighted by Crippen LogP contribution is 2.29. The van der Waals surface area contributed by atoms with E-state index in [1.165, 1.54) is 19.5 Å². The SMILES string of the molecule is COC(=O)C(Br)CN1C=NS(=O)(=O)c2ccccc21. The third kappa shape index (κ3) is 2.79. The zero-order chi connectivity index (χ0) is 14.0. The van der Waals surface area contributed by atoms with Gasteiger partial charge in [-0.3, -0.25) is 4.79 Å². The van der Waals surface area contributed by atoms with E-state index < -0.39 is 20.8 Å². The number of rotatable bonds is 3. The zero-order valence-corrected chi connectivity index (χ0v) is 12.4. The van der Waals surface area contributed by atoms with Crippen LogP contribution >= 0.6 is 15.9 Å². The maximum Gasteiger partial charge on any atom is 0.321 e. The fourth-order valence-electron chi connectivity index (χ4n) is 1.67. The van der Waals surface area contributed by atoms with Gasteiger partial charge in [-0.15, -0.1) is 4.40 Å². The molecule has 0 fully saturated rings. The number of sulfonamides is 1. The van der Waals surface area contributed by atoms with Crippen LogP contribution in [0.15, 0.2) is 33.6 Å². The highest BCUT2D eigenvalue weighted by atomic mass is 79.9. The molecule has 6 nitrogen and oxygen atoms in total. The van der Waals surface area contributed by atoms with Crippen molar-refractivity contribution in [2.45, 2.75) is 9.72 Å². The molecule has 0 aliphatic carbocycles. The molecule has 1 aromatic rings. The second-order valence-corrected chi connectivity index (χ2v) is 6.51. The summed E-state index contributed by atoms with van der Waals surface area (Å²) in [5.74, 6) is -0.431. The fourth-order valence-corrected chi connectivity index (χ4v) is 3.22. The third-order valence-electron chi connectivity index (χ3n) is 2.59. The Kier molecular flexibility index (Phi) is 3.91. The van der Waals surface area contributed by atoms with Crippen molar-refractivity contribution in [2.24, 2.45) is 4.40 Å². The van der Waals surface area contributed by atoms with E-state index >= 15 is 0 Å². The van der Waals surface area contributed by atoms with Crippen molar-refractivity contribution < 1.29 is 17.9 Å². The van der Waals surface area contributed by atoms with Gasteiger partial charge in [0.05, 0.1) is 12.8 Å². The molecule has 1 atom stereocenters. The largest absolute Gasteiger partial charge is 0.468 e. The molecule has 1 aliphatic rings. The summed E-state index contributed by atoms with van der Waals surface area (Å²) in [6.07, 6.45) is 1.20. The minimum Gasteiger partial charge on any atom is -0.468 e. The van der Waals surface area contributed by atoms with Gasteiger partial charge in [-0.25, -0.2) is 0 Å². The van der Waals surface area contributed by atoms with Crippen LogP contribution in [-0.4, -0.2) is 39.2 Å². The van der Waals surface area contributed by atoms with E-state index in [1.54, 1.807) is 23.1 Å².